The van der Waals surface area contributed by atoms with E-state index in [-0.39, 0.29) is 18.3 Å². The van der Waals surface area contributed by atoms with Gasteiger partial charge in [0.1, 0.15) is 5.65 Å². The van der Waals surface area contributed by atoms with Gasteiger partial charge in [0.25, 0.3) is 0 Å². The first-order chi connectivity index (χ1) is 9.75. The van der Waals surface area contributed by atoms with E-state index < -0.39 is 0 Å². The van der Waals surface area contributed by atoms with Gasteiger partial charge in [-0.15, -0.1) is 0 Å². The molecule has 0 N–H and O–H groups in total. The highest BCUT2D eigenvalue weighted by atomic mass is 127. The summed E-state index contributed by atoms with van der Waals surface area (Å²) >= 11 is 2.26. The largest absolute Gasteiger partial charge is 0.497 e. The summed E-state index contributed by atoms with van der Waals surface area (Å²) in [6.07, 6.45) is 3.95. The highest BCUT2D eigenvalue weighted by Gasteiger charge is 2.52. The summed E-state index contributed by atoms with van der Waals surface area (Å²) in [4.78, 5) is 4.54. The Morgan fingerprint density at radius 3 is 2.43 bits per heavy atom. The molecule has 0 unspecified atom stereocenters. The average Bonchev–Trinajstić information content (AvgIpc) is 2.84. The number of rotatable bonds is 2. The van der Waals surface area contributed by atoms with Crippen molar-refractivity contribution in [3.63, 3.8) is 0 Å². The van der Waals surface area contributed by atoms with E-state index in [1.165, 1.54) is 0 Å². The van der Waals surface area contributed by atoms with Gasteiger partial charge in [0.15, 0.2) is 0 Å². The molecule has 1 fully saturated rings. The fraction of sp³-hybridized carbons (Fsp3) is 0.500. The van der Waals surface area contributed by atoms with Crippen molar-refractivity contribution in [1.82, 2.24) is 8.96 Å². The molecule has 3 heterocycles. The monoisotopic (exact) mass is 416 g/mol. The second kappa shape index (κ2) is 5.14. The second-order valence-corrected chi connectivity index (χ2v) is 8.16. The number of nitrogens with zero attached hydrogens (tertiary/aromatic N) is 2. The average molecular weight is 416 g/mol. The van der Waals surface area contributed by atoms with Crippen molar-refractivity contribution in [3.05, 3.63) is 24.0 Å². The molecule has 1 aliphatic heterocycles. The molecular formula is C14H18BIN2O2S. The number of hydrogen-bond acceptors (Lipinski definition) is 4. The summed E-state index contributed by atoms with van der Waals surface area (Å²) in [7, 11) is 1.24. The smallest absolute Gasteiger partial charge is 0.399 e. The molecule has 3 rings (SSSR count). The zero-order chi connectivity index (χ0) is 15.4. The Kier molecular flexibility index (Phi) is 3.83. The van der Waals surface area contributed by atoms with Crippen LogP contribution in [0.1, 0.15) is 33.3 Å². The molecule has 0 aliphatic carbocycles. The minimum absolute atomic E-state index is 0.333. The fourth-order valence-corrected chi connectivity index (χ4v) is 3.68. The molecule has 112 valence electrons. The van der Waals surface area contributed by atoms with Crippen LogP contribution in [0.2, 0.25) is 0 Å². The molecule has 0 radical (unpaired) electrons. The van der Waals surface area contributed by atoms with Crippen LogP contribution in [0.3, 0.4) is 0 Å². The van der Waals surface area contributed by atoms with E-state index in [9.17, 15) is 0 Å². The van der Waals surface area contributed by atoms with Gasteiger partial charge in [-0.2, -0.15) is 0 Å². The van der Waals surface area contributed by atoms with Crippen LogP contribution >= 0.6 is 30.3 Å². The molecule has 1 saturated heterocycles. The number of hydrogen-bond donors (Lipinski definition) is 0. The number of pyridine rings is 1. The van der Waals surface area contributed by atoms with E-state index in [4.69, 9.17) is 9.31 Å². The lowest BCUT2D eigenvalue weighted by atomic mass is 9.79. The zero-order valence-corrected chi connectivity index (χ0v) is 15.8. The summed E-state index contributed by atoms with van der Waals surface area (Å²) in [5.41, 5.74) is 2.46. The van der Waals surface area contributed by atoms with Crippen LogP contribution < -0.4 is 5.46 Å². The normalized spacial score (nSPS) is 20.4. The molecule has 0 bridgehead atoms. The molecule has 0 spiro atoms. The molecule has 0 aromatic carbocycles. The Bertz CT molecular complexity index is 686. The maximum absolute atomic E-state index is 6.18. The lowest BCUT2D eigenvalue weighted by molar-refractivity contribution is 0.00578. The lowest BCUT2D eigenvalue weighted by Crippen LogP contribution is -2.41. The first-order valence-electron chi connectivity index (χ1n) is 6.87. The van der Waals surface area contributed by atoms with Crippen molar-refractivity contribution in [2.24, 2.45) is 0 Å². The third kappa shape index (κ3) is 2.52. The van der Waals surface area contributed by atoms with Crippen LogP contribution in [0.15, 0.2) is 18.5 Å². The third-order valence-corrected chi connectivity index (χ3v) is 6.06. The second-order valence-electron chi connectivity index (χ2n) is 6.45. The van der Waals surface area contributed by atoms with E-state index in [2.05, 4.69) is 77.0 Å². The first-order valence-corrected chi connectivity index (χ1v) is 10.2. The van der Waals surface area contributed by atoms with E-state index in [1.807, 2.05) is 6.20 Å². The molecular weight excluding hydrogens is 398 g/mol. The molecule has 21 heavy (non-hydrogen) atoms. The van der Waals surface area contributed by atoms with Crippen molar-refractivity contribution in [2.75, 3.05) is 0 Å². The first kappa shape index (κ1) is 15.6. The molecule has 0 atom stereocenters. The Balaban J connectivity index is 2.12. The van der Waals surface area contributed by atoms with Gasteiger partial charge in [0.2, 0.25) is 0 Å². The van der Waals surface area contributed by atoms with Crippen molar-refractivity contribution in [3.8, 4) is 0 Å². The lowest BCUT2D eigenvalue weighted by Gasteiger charge is -2.32. The van der Waals surface area contributed by atoms with Crippen LogP contribution in [-0.2, 0) is 9.31 Å². The van der Waals surface area contributed by atoms with Gasteiger partial charge in [-0.3, -0.25) is 3.97 Å². The number of aromatic nitrogens is 2. The third-order valence-electron chi connectivity index (χ3n) is 4.36. The molecule has 0 saturated carbocycles. The molecule has 2 aromatic rings. The highest BCUT2D eigenvalue weighted by molar-refractivity contribution is 14.2. The van der Waals surface area contributed by atoms with Crippen LogP contribution in [-0.4, -0.2) is 27.3 Å². The predicted octanol–water partition coefficient (Wildman–Crippen LogP) is 3.49. The van der Waals surface area contributed by atoms with Gasteiger partial charge in [0.05, 0.1) is 11.2 Å². The number of aryl methyl sites for hydroxylation is 1. The van der Waals surface area contributed by atoms with Gasteiger partial charge in [-0.25, -0.2) is 4.98 Å². The molecule has 2 aromatic heterocycles. The van der Waals surface area contributed by atoms with Crippen LogP contribution in [0.5, 0.6) is 0 Å². The minimum Gasteiger partial charge on any atom is -0.399 e. The Morgan fingerprint density at radius 1 is 1.24 bits per heavy atom. The topological polar surface area (TPSA) is 36.3 Å². The van der Waals surface area contributed by atoms with Crippen LogP contribution in [0, 0.1) is 6.92 Å². The molecule has 7 heteroatoms. The molecule has 1 aliphatic rings. The van der Waals surface area contributed by atoms with Crippen molar-refractivity contribution < 1.29 is 9.31 Å². The summed E-state index contributed by atoms with van der Waals surface area (Å²) < 4.78 is 14.4. The van der Waals surface area contributed by atoms with E-state index in [1.54, 1.807) is 9.12 Å². The Hall–Kier alpha value is -0.245. The predicted molar refractivity (Wildman–Crippen MR) is 97.2 cm³/mol. The SMILES string of the molecule is Cc1cnc2c(c1)c(B1OC(C)(C)C(C)(C)O1)cn2SI. The maximum Gasteiger partial charge on any atom is 0.497 e. The Morgan fingerprint density at radius 2 is 1.86 bits per heavy atom. The maximum atomic E-state index is 6.18. The zero-order valence-electron chi connectivity index (χ0n) is 12.8. The molecule has 0 amide bonds. The van der Waals surface area contributed by atoms with E-state index >= 15 is 0 Å². The number of fused-ring (bicyclic) bond motifs is 1. The minimum atomic E-state index is -0.356. The van der Waals surface area contributed by atoms with Crippen LogP contribution in [0.4, 0.5) is 0 Å². The van der Waals surface area contributed by atoms with Crippen molar-refractivity contribution in [2.45, 2.75) is 45.8 Å². The van der Waals surface area contributed by atoms with E-state index in [0.29, 0.717) is 0 Å². The molecule has 4 nitrogen and oxygen atoms in total. The van der Waals surface area contributed by atoms with Gasteiger partial charge in [-0.1, -0.05) is 0 Å². The summed E-state index contributed by atoms with van der Waals surface area (Å²) in [5, 5.41) is 1.10. The summed E-state index contributed by atoms with van der Waals surface area (Å²) in [6.45, 7) is 10.3. The van der Waals surface area contributed by atoms with Gasteiger partial charge in [0, 0.05) is 53.6 Å². The van der Waals surface area contributed by atoms with E-state index in [0.717, 1.165) is 22.1 Å². The Labute approximate surface area is 141 Å². The summed E-state index contributed by atoms with van der Waals surface area (Å²) in [6, 6.07) is 2.14. The van der Waals surface area contributed by atoms with Crippen molar-refractivity contribution >= 4 is 53.9 Å². The fourth-order valence-electron chi connectivity index (χ4n) is 2.42. The summed E-state index contributed by atoms with van der Waals surface area (Å²) in [5.74, 6) is 0. The standard InChI is InChI=1S/C14H18BIN2O2S/c1-9-6-10-11(8-18(21-16)12(10)17-7-9)15-19-13(2,3)14(4,5)20-15/h6-8H,1-5H3. The van der Waals surface area contributed by atoms with Crippen LogP contribution in [0.25, 0.3) is 11.0 Å². The highest BCUT2D eigenvalue weighted by Crippen LogP contribution is 2.37. The quantitative estimate of drug-likeness (QED) is 0.555. The van der Waals surface area contributed by atoms with Gasteiger partial charge < -0.3 is 9.31 Å². The van der Waals surface area contributed by atoms with Gasteiger partial charge >= 0.3 is 7.12 Å². The van der Waals surface area contributed by atoms with Crippen molar-refractivity contribution in [1.29, 1.82) is 0 Å². The van der Waals surface area contributed by atoms with Gasteiger partial charge in [-0.05, 0) is 46.2 Å². The number of halogens is 1.